The quantitative estimate of drug-likeness (QED) is 0.579. The zero-order valence-electron chi connectivity index (χ0n) is 10.9. The molecule has 2 rings (SSSR count). The second-order valence-electron chi connectivity index (χ2n) is 4.70. The summed E-state index contributed by atoms with van der Waals surface area (Å²) in [7, 11) is 0. The molecule has 0 radical (unpaired) electrons. The number of aromatic nitrogens is 1. The van der Waals surface area contributed by atoms with Crippen molar-refractivity contribution in [3.05, 3.63) is 18.3 Å². The molecule has 19 heavy (non-hydrogen) atoms. The summed E-state index contributed by atoms with van der Waals surface area (Å²) in [5, 5.41) is 24.6. The molecule has 1 atom stereocenters. The molecule has 1 saturated heterocycles. The van der Waals surface area contributed by atoms with Gasteiger partial charge < -0.3 is 25.6 Å². The van der Waals surface area contributed by atoms with Crippen LogP contribution in [0.5, 0.6) is 5.75 Å². The van der Waals surface area contributed by atoms with Crippen LogP contribution in [0.4, 0.5) is 5.82 Å². The van der Waals surface area contributed by atoms with E-state index in [4.69, 9.17) is 9.84 Å². The molecule has 0 amide bonds. The van der Waals surface area contributed by atoms with Crippen LogP contribution in [0.15, 0.2) is 18.3 Å². The molecule has 4 N–H and O–H groups in total. The Balaban J connectivity index is 1.80. The highest BCUT2D eigenvalue weighted by atomic mass is 16.5. The summed E-state index contributed by atoms with van der Waals surface area (Å²) in [5.74, 6) is 1.42. The number of nitrogens with zero attached hydrogens (tertiary/aromatic N) is 1. The molecule has 0 bridgehead atoms. The van der Waals surface area contributed by atoms with Crippen molar-refractivity contribution in [3.8, 4) is 5.75 Å². The minimum Gasteiger partial charge on any atom is -0.489 e. The van der Waals surface area contributed by atoms with Crippen molar-refractivity contribution in [1.29, 1.82) is 0 Å². The monoisotopic (exact) mass is 267 g/mol. The molecule has 6 heteroatoms. The number of hydrogen-bond acceptors (Lipinski definition) is 6. The molecule has 1 aromatic rings. The van der Waals surface area contributed by atoms with Gasteiger partial charge in [-0.2, -0.15) is 0 Å². The van der Waals surface area contributed by atoms with E-state index in [0.29, 0.717) is 11.8 Å². The number of rotatable bonds is 6. The fourth-order valence-corrected chi connectivity index (χ4v) is 1.97. The maximum atomic E-state index is 9.18. The number of piperidine rings is 1. The molecule has 106 valence electrons. The van der Waals surface area contributed by atoms with Crippen molar-refractivity contribution >= 4 is 5.82 Å². The van der Waals surface area contributed by atoms with Crippen molar-refractivity contribution in [3.63, 3.8) is 0 Å². The van der Waals surface area contributed by atoms with E-state index < -0.39 is 6.10 Å². The molecule has 1 aromatic heterocycles. The van der Waals surface area contributed by atoms with Gasteiger partial charge >= 0.3 is 0 Å². The van der Waals surface area contributed by atoms with Gasteiger partial charge in [0.25, 0.3) is 0 Å². The third-order valence-corrected chi connectivity index (χ3v) is 3.08. The van der Waals surface area contributed by atoms with E-state index in [0.717, 1.165) is 31.7 Å². The van der Waals surface area contributed by atoms with Crippen molar-refractivity contribution < 1.29 is 14.9 Å². The minimum atomic E-state index is -0.854. The molecule has 1 unspecified atom stereocenters. The predicted octanol–water partition coefficient (Wildman–Crippen LogP) is -0.0225. The number of anilines is 1. The molecule has 6 nitrogen and oxygen atoms in total. The Hall–Kier alpha value is -1.37. The Labute approximate surface area is 112 Å². The van der Waals surface area contributed by atoms with Gasteiger partial charge in [-0.1, -0.05) is 0 Å². The van der Waals surface area contributed by atoms with E-state index in [2.05, 4.69) is 15.6 Å². The highest BCUT2D eigenvalue weighted by Crippen LogP contribution is 2.15. The molecule has 2 heterocycles. The third kappa shape index (κ3) is 4.66. The fraction of sp³-hybridized carbons (Fsp3) is 0.615. The normalized spacial score (nSPS) is 18.0. The van der Waals surface area contributed by atoms with Gasteiger partial charge in [0, 0.05) is 6.04 Å². The molecule has 1 aliphatic rings. The number of aliphatic hydroxyl groups is 2. The van der Waals surface area contributed by atoms with Crippen LogP contribution in [0.2, 0.25) is 0 Å². The van der Waals surface area contributed by atoms with Crippen LogP contribution in [0.1, 0.15) is 12.8 Å². The van der Waals surface area contributed by atoms with E-state index in [1.54, 1.807) is 12.3 Å². The van der Waals surface area contributed by atoms with Crippen LogP contribution >= 0.6 is 0 Å². The average molecular weight is 267 g/mol. The van der Waals surface area contributed by atoms with Gasteiger partial charge in [0.05, 0.1) is 12.8 Å². The topological polar surface area (TPSA) is 86.6 Å². The Morgan fingerprint density at radius 1 is 1.42 bits per heavy atom. The van der Waals surface area contributed by atoms with Crippen molar-refractivity contribution in [1.82, 2.24) is 10.3 Å². The highest BCUT2D eigenvalue weighted by Gasteiger charge is 2.12. The van der Waals surface area contributed by atoms with Gasteiger partial charge in [0.15, 0.2) is 0 Å². The first-order chi connectivity index (χ1) is 9.28. The predicted molar refractivity (Wildman–Crippen MR) is 72.3 cm³/mol. The lowest BCUT2D eigenvalue weighted by molar-refractivity contribution is 0.0535. The summed E-state index contributed by atoms with van der Waals surface area (Å²) in [6, 6.07) is 4.14. The highest BCUT2D eigenvalue weighted by molar-refractivity contribution is 5.38. The van der Waals surface area contributed by atoms with Crippen LogP contribution in [0.25, 0.3) is 0 Å². The van der Waals surface area contributed by atoms with Gasteiger partial charge in [-0.3, -0.25) is 0 Å². The fourth-order valence-electron chi connectivity index (χ4n) is 1.97. The van der Waals surface area contributed by atoms with Crippen LogP contribution in [-0.2, 0) is 0 Å². The average Bonchev–Trinajstić information content (AvgIpc) is 2.47. The summed E-state index contributed by atoms with van der Waals surface area (Å²) in [6.45, 7) is 1.85. The zero-order valence-corrected chi connectivity index (χ0v) is 10.9. The molecule has 1 fully saturated rings. The number of aliphatic hydroxyl groups excluding tert-OH is 2. The number of pyridine rings is 1. The number of hydrogen-bond donors (Lipinski definition) is 4. The molecule has 1 aliphatic heterocycles. The summed E-state index contributed by atoms with van der Waals surface area (Å²) in [5.41, 5.74) is 0. The Kier molecular flexibility index (Phi) is 5.38. The molecule has 0 aromatic carbocycles. The number of ether oxygens (including phenoxy) is 1. The SMILES string of the molecule is OCC(O)COc1ccc(NC2CCNCC2)nc1. The van der Waals surface area contributed by atoms with Crippen LogP contribution in [0.3, 0.4) is 0 Å². The van der Waals surface area contributed by atoms with E-state index >= 15 is 0 Å². The van der Waals surface area contributed by atoms with E-state index in [-0.39, 0.29) is 13.2 Å². The lowest BCUT2D eigenvalue weighted by Gasteiger charge is -2.24. The van der Waals surface area contributed by atoms with Crippen LogP contribution in [0, 0.1) is 0 Å². The van der Waals surface area contributed by atoms with Crippen molar-refractivity contribution in [2.75, 3.05) is 31.6 Å². The van der Waals surface area contributed by atoms with E-state index in [1.165, 1.54) is 0 Å². The first-order valence-corrected chi connectivity index (χ1v) is 6.63. The lowest BCUT2D eigenvalue weighted by atomic mass is 10.1. The smallest absolute Gasteiger partial charge is 0.137 e. The molecule has 0 aliphatic carbocycles. The molecule has 0 saturated carbocycles. The molecular weight excluding hydrogens is 246 g/mol. The second-order valence-corrected chi connectivity index (χ2v) is 4.70. The van der Waals surface area contributed by atoms with Crippen molar-refractivity contribution in [2.45, 2.75) is 25.0 Å². The summed E-state index contributed by atoms with van der Waals surface area (Å²) in [4.78, 5) is 4.28. The van der Waals surface area contributed by atoms with Gasteiger partial charge in [-0.05, 0) is 38.1 Å². The number of nitrogens with one attached hydrogen (secondary N) is 2. The van der Waals surface area contributed by atoms with Crippen LogP contribution in [-0.4, -0.2) is 53.6 Å². The van der Waals surface area contributed by atoms with E-state index in [9.17, 15) is 5.11 Å². The second kappa shape index (κ2) is 7.28. The van der Waals surface area contributed by atoms with Gasteiger partial charge in [0.1, 0.15) is 24.3 Å². The summed E-state index contributed by atoms with van der Waals surface area (Å²) >= 11 is 0. The largest absolute Gasteiger partial charge is 0.489 e. The summed E-state index contributed by atoms with van der Waals surface area (Å²) < 4.78 is 5.29. The lowest BCUT2D eigenvalue weighted by Crippen LogP contribution is -2.35. The van der Waals surface area contributed by atoms with Crippen LogP contribution < -0.4 is 15.4 Å². The summed E-state index contributed by atoms with van der Waals surface area (Å²) in [6.07, 6.45) is 2.96. The third-order valence-electron chi connectivity index (χ3n) is 3.08. The van der Waals surface area contributed by atoms with Gasteiger partial charge in [0.2, 0.25) is 0 Å². The zero-order chi connectivity index (χ0) is 13.5. The van der Waals surface area contributed by atoms with Gasteiger partial charge in [-0.25, -0.2) is 4.98 Å². The Morgan fingerprint density at radius 3 is 2.84 bits per heavy atom. The minimum absolute atomic E-state index is 0.0687. The van der Waals surface area contributed by atoms with Crippen molar-refractivity contribution in [2.24, 2.45) is 0 Å². The molecular formula is C13H21N3O3. The van der Waals surface area contributed by atoms with Gasteiger partial charge in [-0.15, -0.1) is 0 Å². The van der Waals surface area contributed by atoms with E-state index in [1.807, 2.05) is 6.07 Å². The first kappa shape index (κ1) is 14.0. The Bertz CT molecular complexity index is 366. The Morgan fingerprint density at radius 2 is 2.21 bits per heavy atom. The maximum absolute atomic E-state index is 9.18. The first-order valence-electron chi connectivity index (χ1n) is 6.63. The standard InChI is InChI=1S/C13H21N3O3/c17-8-11(18)9-19-12-1-2-13(15-7-12)16-10-3-5-14-6-4-10/h1-2,7,10-11,14,17-18H,3-6,8-9H2,(H,15,16). The maximum Gasteiger partial charge on any atom is 0.137 e. The molecule has 0 spiro atoms.